The standard InChI is InChI=1S/C85H145NO36/c1-14-58(115-67-30-28-60(45(9)110-67)116-66-29-27-53(92)44(8)109-66)41(5)70(98)43(7)71(99)42(6)59-23-19-15-17-22-51(90)32-54(93)39(3)55(94)33-61(117-82-69(86-49(13)88)76(104)75(103)64(37-87)119-82)40(4)62-34-57(96)81(107)85(108,122-62)36-63(38(2)25-26-52(91)31-50(89)21-18-16-20-24-65(97)114-59)118-84-80(121-83-78(106)77(105)73(101)47(11)112-83)79(74(102)48(12)113-84)120-68-35-56(95)72(100)46(10)111-68/h15-20,22,24,38-48,50-64,66-84,87,89-96,98-108H,14,21,23,25-37H2,1-13H3,(H,86,88)/b18-16+,19-15+,22-17+,24-20+/t38?,39?,40?,41?,42?,43?,44-,45-,46-,47-,48-,50?,51?,52?,53+,54?,55?,56-,57?,58?,59?,60+,61?,62?,63?,64-,66+,67+,68+,69-,70?,71?,72-,73-,74-,75+,76-,77+,78-,79+,80-,81?,82-,83+,84+,85?/m1/s1. The summed E-state index contributed by atoms with van der Waals surface area (Å²) < 4.78 is 88.0. The van der Waals surface area contributed by atoms with Gasteiger partial charge in [0.05, 0.1) is 129 Å². The van der Waals surface area contributed by atoms with Crippen LogP contribution < -0.4 is 5.32 Å². The monoisotopic (exact) mass is 1760 g/mol. The number of carbonyl (C=O) groups excluding carboxylic acids is 2. The summed E-state index contributed by atoms with van der Waals surface area (Å²) in [7, 11) is 0. The third kappa shape index (κ3) is 28.1. The third-order valence-corrected chi connectivity index (χ3v) is 26.0. The van der Waals surface area contributed by atoms with Gasteiger partial charge in [0.15, 0.2) is 43.5 Å². The van der Waals surface area contributed by atoms with Gasteiger partial charge in [0, 0.05) is 94.0 Å². The van der Waals surface area contributed by atoms with Crippen molar-refractivity contribution in [3.05, 3.63) is 48.6 Å². The Labute approximate surface area is 714 Å². The van der Waals surface area contributed by atoms with Crippen molar-refractivity contribution in [2.24, 2.45) is 35.5 Å². The first-order chi connectivity index (χ1) is 57.4. The highest BCUT2D eigenvalue weighted by molar-refractivity contribution is 5.82. The van der Waals surface area contributed by atoms with Gasteiger partial charge in [-0.1, -0.05) is 91.0 Å². The van der Waals surface area contributed by atoms with E-state index in [0.717, 1.165) is 13.0 Å². The Kier molecular flexibility index (Phi) is 40.8. The molecular weight excluding hydrogens is 1610 g/mol. The predicted molar refractivity (Wildman–Crippen MR) is 429 cm³/mol. The molecule has 21 N–H and O–H groups in total. The first-order valence-electron chi connectivity index (χ1n) is 43.7. The van der Waals surface area contributed by atoms with Crippen LogP contribution in [-0.2, 0) is 75.9 Å². The maximum absolute atomic E-state index is 13.8. The van der Waals surface area contributed by atoms with Gasteiger partial charge in [-0.3, -0.25) is 4.79 Å². The van der Waals surface area contributed by atoms with E-state index in [1.165, 1.54) is 58.9 Å². The van der Waals surface area contributed by atoms with Crippen LogP contribution in [0.5, 0.6) is 0 Å². The fourth-order valence-corrected chi connectivity index (χ4v) is 17.5. The number of hydrogen-bond acceptors (Lipinski definition) is 36. The van der Waals surface area contributed by atoms with E-state index in [0.29, 0.717) is 32.1 Å². The molecule has 46 atom stereocenters. The number of nitrogens with one attached hydrogen (secondary N) is 1. The Bertz CT molecular complexity index is 3210. The number of fused-ring (bicyclic) bond motifs is 2. The SMILES string of the molecule is CCC(O[C@H]1CC[C@H](O[C@H]2CC[C@H](O)[C@@H](C)O2)[C@@H](C)O1)C(C)C(O)C(C)C(O)C(C)C1C/C=C/C=C/C(O)CC(O)C(C)C(O)CC(O[C@@H]2O[C@H](CO)[C@H](O)[C@H](O)[C@H]2NC(C)=O)C(C)C2CC(O)C(O)C(O)(CC(O[C@@H]3O[C@H](C)[C@@H](O)[C@H](O[C@H]4C[C@@H](O)[C@H](O)[C@@H](C)O4)[C@H]3O[C@@H]3O[C@H](C)[C@@H](O)[C@H](O)[C@H]3O)C(C)CCC(O)CC(O)C/C=C/C=C/C(=O)O1)O2. The number of allylic oxidation sites excluding steroid dienone is 4. The van der Waals surface area contributed by atoms with Gasteiger partial charge in [-0.25, -0.2) is 4.79 Å². The summed E-state index contributed by atoms with van der Waals surface area (Å²) in [4.78, 5) is 26.6. The summed E-state index contributed by atoms with van der Waals surface area (Å²) in [6, 6.07) is -1.56. The van der Waals surface area contributed by atoms with E-state index in [1.807, 2.05) is 20.8 Å². The van der Waals surface area contributed by atoms with Gasteiger partial charge >= 0.3 is 5.97 Å². The molecule has 0 aliphatic carbocycles. The molecule has 1 amide bonds. The zero-order valence-corrected chi connectivity index (χ0v) is 72.4. The molecule has 0 spiro atoms. The third-order valence-electron chi connectivity index (χ3n) is 26.0. The molecule has 8 rings (SSSR count). The van der Waals surface area contributed by atoms with Gasteiger partial charge < -0.3 is 174 Å². The maximum Gasteiger partial charge on any atom is 0.331 e. The summed E-state index contributed by atoms with van der Waals surface area (Å²) in [6.45, 7) is 19.9. The van der Waals surface area contributed by atoms with E-state index in [2.05, 4.69) is 5.32 Å². The lowest BCUT2D eigenvalue weighted by Crippen LogP contribution is -2.66. The van der Waals surface area contributed by atoms with Gasteiger partial charge in [0.25, 0.3) is 0 Å². The van der Waals surface area contributed by atoms with E-state index in [-0.39, 0.29) is 63.3 Å². The van der Waals surface area contributed by atoms with Crippen LogP contribution in [-0.4, -0.2) is 366 Å². The molecule has 37 heteroatoms. The Balaban J connectivity index is 1.08. The molecule has 0 saturated carbocycles. The van der Waals surface area contributed by atoms with Crippen LogP contribution in [0.25, 0.3) is 0 Å². The second-order valence-electron chi connectivity index (χ2n) is 35.5. The summed E-state index contributed by atoms with van der Waals surface area (Å²) in [5.74, 6) is -9.86. The van der Waals surface area contributed by atoms with Crippen LogP contribution in [0, 0.1) is 35.5 Å². The van der Waals surface area contributed by atoms with Crippen molar-refractivity contribution >= 4 is 11.9 Å². The van der Waals surface area contributed by atoms with Crippen molar-refractivity contribution in [3.63, 3.8) is 0 Å². The largest absolute Gasteiger partial charge is 0.458 e. The smallest absolute Gasteiger partial charge is 0.331 e. The summed E-state index contributed by atoms with van der Waals surface area (Å²) >= 11 is 0. The first-order valence-corrected chi connectivity index (χ1v) is 43.7. The molecule has 8 aliphatic heterocycles. The van der Waals surface area contributed by atoms with Crippen molar-refractivity contribution in [2.75, 3.05) is 6.61 Å². The van der Waals surface area contributed by atoms with E-state index in [4.69, 9.17) is 66.3 Å². The topological polar surface area (TPSA) is 580 Å². The molecule has 7 fully saturated rings. The van der Waals surface area contributed by atoms with Gasteiger partial charge in [0.1, 0.15) is 79.3 Å². The van der Waals surface area contributed by atoms with Gasteiger partial charge in [-0.15, -0.1) is 0 Å². The molecule has 122 heavy (non-hydrogen) atoms. The Morgan fingerprint density at radius 2 is 1.15 bits per heavy atom. The van der Waals surface area contributed by atoms with E-state index in [9.17, 15) is 112 Å². The minimum Gasteiger partial charge on any atom is -0.458 e. The summed E-state index contributed by atoms with van der Waals surface area (Å²) in [5.41, 5.74) is 0. The average molecular weight is 1760 g/mol. The predicted octanol–water partition coefficient (Wildman–Crippen LogP) is -1.33. The fourth-order valence-electron chi connectivity index (χ4n) is 17.5. The molecule has 8 heterocycles. The number of amides is 1. The summed E-state index contributed by atoms with van der Waals surface area (Å²) in [5, 5.41) is 232. The van der Waals surface area contributed by atoms with Gasteiger partial charge in [-0.2, -0.15) is 0 Å². The number of aliphatic hydroxyl groups excluding tert-OH is 19. The van der Waals surface area contributed by atoms with Crippen molar-refractivity contribution in [1.82, 2.24) is 5.32 Å². The first kappa shape index (κ1) is 104. The lowest BCUT2D eigenvalue weighted by molar-refractivity contribution is -0.391. The zero-order valence-electron chi connectivity index (χ0n) is 72.4. The lowest BCUT2D eigenvalue weighted by Gasteiger charge is -2.50. The molecule has 0 aromatic heterocycles. The Morgan fingerprint density at radius 3 is 1.81 bits per heavy atom. The molecule has 21 unspecified atom stereocenters. The Hall–Kier alpha value is -3.42. The molecule has 0 radical (unpaired) electrons. The van der Waals surface area contributed by atoms with Crippen LogP contribution in [0.2, 0.25) is 0 Å². The lowest BCUT2D eigenvalue weighted by atomic mass is 9.79. The molecule has 7 saturated heterocycles. The maximum atomic E-state index is 13.8. The average Bonchev–Trinajstić information content (AvgIpc) is 0.775. The molecule has 0 aromatic rings. The number of hydrogen-bond donors (Lipinski definition) is 21. The minimum absolute atomic E-state index is 0.00178. The number of carbonyl (C=O) groups is 2. The number of rotatable bonds is 21. The van der Waals surface area contributed by atoms with E-state index in [1.54, 1.807) is 45.9 Å². The van der Waals surface area contributed by atoms with E-state index >= 15 is 0 Å². The van der Waals surface area contributed by atoms with Crippen LogP contribution in [0.3, 0.4) is 0 Å². The fraction of sp³-hybridized carbons (Fsp3) is 0.882. The molecular formula is C85H145NO36. The van der Waals surface area contributed by atoms with Crippen molar-refractivity contribution in [1.29, 1.82) is 0 Å². The van der Waals surface area contributed by atoms with Crippen LogP contribution in [0.1, 0.15) is 186 Å². The van der Waals surface area contributed by atoms with Crippen LogP contribution in [0.15, 0.2) is 48.6 Å². The van der Waals surface area contributed by atoms with Gasteiger partial charge in [0.2, 0.25) is 5.91 Å². The quantitative estimate of drug-likeness (QED) is 0.0592. The molecule has 37 nitrogen and oxygen atoms in total. The van der Waals surface area contributed by atoms with Crippen molar-refractivity contribution < 1.29 is 178 Å². The van der Waals surface area contributed by atoms with Crippen LogP contribution >= 0.6 is 0 Å². The highest BCUT2D eigenvalue weighted by Gasteiger charge is 2.57. The normalized spacial score (nSPS) is 47.3. The van der Waals surface area contributed by atoms with Gasteiger partial charge in [-0.05, 0) is 85.5 Å². The number of cyclic esters (lactones) is 1. The van der Waals surface area contributed by atoms with Crippen LogP contribution in [0.4, 0.5) is 0 Å². The molecule has 2 bridgehead atoms. The highest BCUT2D eigenvalue weighted by Crippen LogP contribution is 2.43. The Morgan fingerprint density at radius 1 is 0.516 bits per heavy atom. The molecule has 706 valence electrons. The van der Waals surface area contributed by atoms with Crippen molar-refractivity contribution in [3.8, 4) is 0 Å². The van der Waals surface area contributed by atoms with Crippen molar-refractivity contribution in [2.45, 2.75) is 431 Å². The second kappa shape index (κ2) is 47.9. The molecule has 8 aliphatic rings. The number of ether oxygens (including phenoxy) is 14. The minimum atomic E-state index is -2.89. The highest BCUT2D eigenvalue weighted by atomic mass is 16.8. The summed E-state index contributed by atoms with van der Waals surface area (Å²) in [6.07, 6.45) is -39.4. The second-order valence-corrected chi connectivity index (χ2v) is 35.5. The number of esters is 1. The number of aliphatic hydroxyl groups is 20. The molecule has 0 aromatic carbocycles. The van der Waals surface area contributed by atoms with E-state index < -0.39 is 300 Å². The zero-order chi connectivity index (χ0) is 90.2.